The van der Waals surface area contributed by atoms with E-state index in [1.807, 2.05) is 20.8 Å². The lowest BCUT2D eigenvalue weighted by Gasteiger charge is -2.26. The number of nitrogens with one attached hydrogen (secondary N) is 1. The van der Waals surface area contributed by atoms with Crippen molar-refractivity contribution in [1.29, 1.82) is 0 Å². The summed E-state index contributed by atoms with van der Waals surface area (Å²) in [5.74, 6) is -1.36. The van der Waals surface area contributed by atoms with Gasteiger partial charge in [0.25, 0.3) is 0 Å². The summed E-state index contributed by atoms with van der Waals surface area (Å²) in [6.07, 6.45) is 0.794. The standard InChI is InChI=1S/C12H20N4O3/c1-6-12(4,5)13-10(17)8(3)16-7(2)9(11(18)19)14-15-16/h8H,6H2,1-5H3,(H,13,17)(H,18,19). The van der Waals surface area contributed by atoms with Crippen molar-refractivity contribution in [1.82, 2.24) is 20.3 Å². The number of aromatic nitrogens is 3. The van der Waals surface area contributed by atoms with Gasteiger partial charge in [-0.2, -0.15) is 0 Å². The van der Waals surface area contributed by atoms with Crippen molar-refractivity contribution in [2.75, 3.05) is 0 Å². The lowest BCUT2D eigenvalue weighted by Crippen LogP contribution is -2.45. The van der Waals surface area contributed by atoms with Crippen LogP contribution in [0, 0.1) is 6.92 Å². The van der Waals surface area contributed by atoms with E-state index in [1.165, 1.54) is 4.68 Å². The molecule has 0 spiro atoms. The third kappa shape index (κ3) is 3.30. The van der Waals surface area contributed by atoms with Crippen molar-refractivity contribution < 1.29 is 14.7 Å². The largest absolute Gasteiger partial charge is 0.476 e. The van der Waals surface area contributed by atoms with Gasteiger partial charge in [0.05, 0.1) is 5.69 Å². The number of carbonyl (C=O) groups is 2. The number of hydrogen-bond donors (Lipinski definition) is 2. The van der Waals surface area contributed by atoms with Crippen LogP contribution >= 0.6 is 0 Å². The first kappa shape index (κ1) is 15.1. The Kier molecular flexibility index (Phi) is 4.28. The zero-order valence-corrected chi connectivity index (χ0v) is 11.9. The second-order valence-corrected chi connectivity index (χ2v) is 5.18. The molecule has 0 aliphatic heterocycles. The van der Waals surface area contributed by atoms with Crippen LogP contribution in [0.4, 0.5) is 0 Å². The first-order valence-corrected chi connectivity index (χ1v) is 6.16. The molecule has 1 heterocycles. The highest BCUT2D eigenvalue weighted by Gasteiger charge is 2.26. The molecule has 0 bridgehead atoms. The van der Waals surface area contributed by atoms with Gasteiger partial charge in [-0.3, -0.25) is 4.79 Å². The van der Waals surface area contributed by atoms with Gasteiger partial charge in [0.15, 0.2) is 5.69 Å². The Bertz CT molecular complexity index is 493. The molecule has 0 saturated heterocycles. The Morgan fingerprint density at radius 2 is 2.05 bits per heavy atom. The van der Waals surface area contributed by atoms with Crippen LogP contribution in [0.15, 0.2) is 0 Å². The normalized spacial score (nSPS) is 13.1. The van der Waals surface area contributed by atoms with E-state index in [-0.39, 0.29) is 17.1 Å². The van der Waals surface area contributed by atoms with Crippen molar-refractivity contribution >= 4 is 11.9 Å². The average molecular weight is 268 g/mol. The minimum Gasteiger partial charge on any atom is -0.476 e. The summed E-state index contributed by atoms with van der Waals surface area (Å²) in [5, 5.41) is 19.1. The predicted molar refractivity (Wildman–Crippen MR) is 68.9 cm³/mol. The molecule has 0 aliphatic carbocycles. The molecular formula is C12H20N4O3. The molecule has 0 aromatic carbocycles. The highest BCUT2D eigenvalue weighted by molar-refractivity contribution is 5.86. The Morgan fingerprint density at radius 1 is 1.47 bits per heavy atom. The van der Waals surface area contributed by atoms with Crippen LogP contribution in [0.2, 0.25) is 0 Å². The molecule has 1 aromatic heterocycles. The highest BCUT2D eigenvalue weighted by atomic mass is 16.4. The van der Waals surface area contributed by atoms with E-state index < -0.39 is 12.0 Å². The fourth-order valence-corrected chi connectivity index (χ4v) is 1.54. The lowest BCUT2D eigenvalue weighted by molar-refractivity contribution is -0.125. The van der Waals surface area contributed by atoms with Crippen molar-refractivity contribution in [2.45, 2.75) is 52.6 Å². The van der Waals surface area contributed by atoms with Crippen LogP contribution in [-0.2, 0) is 4.79 Å². The summed E-state index contributed by atoms with van der Waals surface area (Å²) in [5.41, 5.74) is -0.0750. The molecule has 2 N–H and O–H groups in total. The number of nitrogens with zero attached hydrogens (tertiary/aromatic N) is 3. The minimum atomic E-state index is -1.15. The first-order chi connectivity index (χ1) is 8.69. The molecule has 106 valence electrons. The van der Waals surface area contributed by atoms with Crippen LogP contribution in [0.25, 0.3) is 0 Å². The van der Waals surface area contributed by atoms with E-state index in [2.05, 4.69) is 15.6 Å². The highest BCUT2D eigenvalue weighted by Crippen LogP contribution is 2.14. The number of carboxylic acid groups (broad SMARTS) is 1. The van der Waals surface area contributed by atoms with Crippen LogP contribution in [0.3, 0.4) is 0 Å². The molecule has 7 nitrogen and oxygen atoms in total. The van der Waals surface area contributed by atoms with Gasteiger partial charge in [0.1, 0.15) is 6.04 Å². The summed E-state index contributed by atoms with van der Waals surface area (Å²) < 4.78 is 1.32. The van der Waals surface area contributed by atoms with Gasteiger partial charge >= 0.3 is 5.97 Å². The Labute approximate surface area is 112 Å². The fourth-order valence-electron chi connectivity index (χ4n) is 1.54. The molecule has 0 radical (unpaired) electrons. The van der Waals surface area contributed by atoms with Gasteiger partial charge in [-0.25, -0.2) is 9.48 Å². The monoisotopic (exact) mass is 268 g/mol. The van der Waals surface area contributed by atoms with E-state index in [1.54, 1.807) is 13.8 Å². The van der Waals surface area contributed by atoms with Crippen molar-refractivity contribution in [3.8, 4) is 0 Å². The predicted octanol–water partition coefficient (Wildman–Crippen LogP) is 1.15. The van der Waals surface area contributed by atoms with Crippen LogP contribution in [0.1, 0.15) is 56.3 Å². The number of hydrogen-bond acceptors (Lipinski definition) is 4. The van der Waals surface area contributed by atoms with Crippen molar-refractivity contribution in [3.05, 3.63) is 11.4 Å². The van der Waals surface area contributed by atoms with Gasteiger partial charge in [0.2, 0.25) is 5.91 Å². The smallest absolute Gasteiger partial charge is 0.358 e. The van der Waals surface area contributed by atoms with Gasteiger partial charge in [-0.05, 0) is 34.1 Å². The van der Waals surface area contributed by atoms with Crippen LogP contribution in [0.5, 0.6) is 0 Å². The number of aromatic carboxylic acids is 1. The maximum atomic E-state index is 12.1. The summed E-state index contributed by atoms with van der Waals surface area (Å²) in [6, 6.07) is -0.605. The SMILES string of the molecule is CCC(C)(C)NC(=O)C(C)n1nnc(C(=O)O)c1C. The number of amides is 1. The van der Waals surface area contributed by atoms with Gasteiger partial charge in [-0.15, -0.1) is 5.10 Å². The summed E-state index contributed by atoms with van der Waals surface area (Å²) in [6.45, 7) is 9.07. The molecule has 1 amide bonds. The molecule has 1 aromatic rings. The third-order valence-electron chi connectivity index (χ3n) is 3.22. The molecule has 0 saturated carbocycles. The maximum Gasteiger partial charge on any atom is 0.358 e. The zero-order chi connectivity index (χ0) is 14.8. The second-order valence-electron chi connectivity index (χ2n) is 5.18. The van der Waals surface area contributed by atoms with Crippen LogP contribution < -0.4 is 5.32 Å². The number of rotatable bonds is 5. The van der Waals surface area contributed by atoms with Crippen molar-refractivity contribution in [2.24, 2.45) is 0 Å². The molecule has 1 rings (SSSR count). The van der Waals surface area contributed by atoms with E-state index in [9.17, 15) is 9.59 Å². The summed E-state index contributed by atoms with van der Waals surface area (Å²) >= 11 is 0. The number of carboxylic acids is 1. The fraction of sp³-hybridized carbons (Fsp3) is 0.667. The maximum absolute atomic E-state index is 12.1. The topological polar surface area (TPSA) is 97.1 Å². The quantitative estimate of drug-likeness (QED) is 0.835. The lowest BCUT2D eigenvalue weighted by atomic mass is 10.0. The Morgan fingerprint density at radius 3 is 2.47 bits per heavy atom. The molecule has 0 fully saturated rings. The van der Waals surface area contributed by atoms with Gasteiger partial charge < -0.3 is 10.4 Å². The average Bonchev–Trinajstić information content (AvgIpc) is 2.69. The molecule has 19 heavy (non-hydrogen) atoms. The van der Waals surface area contributed by atoms with E-state index in [0.29, 0.717) is 5.69 Å². The van der Waals surface area contributed by atoms with E-state index in [4.69, 9.17) is 5.11 Å². The van der Waals surface area contributed by atoms with E-state index in [0.717, 1.165) is 6.42 Å². The molecule has 0 aliphatic rings. The number of carbonyl (C=O) groups excluding carboxylic acids is 1. The first-order valence-electron chi connectivity index (χ1n) is 6.16. The summed E-state index contributed by atoms with van der Waals surface area (Å²) in [7, 11) is 0. The third-order valence-corrected chi connectivity index (χ3v) is 3.22. The molecule has 7 heteroatoms. The zero-order valence-electron chi connectivity index (χ0n) is 11.9. The molecule has 1 atom stereocenters. The van der Waals surface area contributed by atoms with Gasteiger partial charge in [-0.1, -0.05) is 12.1 Å². The molecule has 1 unspecified atom stereocenters. The van der Waals surface area contributed by atoms with Gasteiger partial charge in [0, 0.05) is 5.54 Å². The van der Waals surface area contributed by atoms with Crippen LogP contribution in [-0.4, -0.2) is 37.5 Å². The Hall–Kier alpha value is -1.92. The molecular weight excluding hydrogens is 248 g/mol. The van der Waals surface area contributed by atoms with E-state index >= 15 is 0 Å². The Balaban J connectivity index is 2.92. The van der Waals surface area contributed by atoms with Crippen molar-refractivity contribution in [3.63, 3.8) is 0 Å². The summed E-state index contributed by atoms with van der Waals surface area (Å²) in [4.78, 5) is 23.0. The second kappa shape index (κ2) is 5.38. The minimum absolute atomic E-state index is 0.130.